The number of phosphoric acid groups is 1. The average molecular weight is 663 g/mol. The van der Waals surface area contributed by atoms with Gasteiger partial charge in [-0.15, -0.1) is 0 Å². The monoisotopic (exact) mass is 663 g/mol. The van der Waals surface area contributed by atoms with Crippen molar-refractivity contribution in [3.8, 4) is 0 Å². The first-order chi connectivity index (χ1) is 21.5. The average Bonchev–Trinajstić information content (AvgIpc) is 2.97. The van der Waals surface area contributed by atoms with E-state index in [1.807, 2.05) is 21.1 Å². The molecule has 0 aliphatic heterocycles. The summed E-state index contributed by atoms with van der Waals surface area (Å²) in [6.07, 6.45) is 28.1. The molecule has 0 rings (SSSR count). The van der Waals surface area contributed by atoms with Crippen LogP contribution in [0.15, 0.2) is 0 Å². The lowest BCUT2D eigenvalue weighted by molar-refractivity contribution is -0.870. The first-order valence-electron chi connectivity index (χ1n) is 18.9. The number of hydrogen-bond donors (Lipinski definition) is 2. The molecule has 0 aliphatic rings. The quantitative estimate of drug-likeness (QED) is 0.0405. The Morgan fingerprint density at radius 2 is 1.09 bits per heavy atom. The molecule has 2 N–H and O–H groups in total. The van der Waals surface area contributed by atoms with Gasteiger partial charge in [-0.25, -0.2) is 0 Å². The van der Waals surface area contributed by atoms with E-state index in [0.717, 1.165) is 38.5 Å². The van der Waals surface area contributed by atoms with E-state index < -0.39 is 20.0 Å². The van der Waals surface area contributed by atoms with Crippen LogP contribution in [-0.4, -0.2) is 68.5 Å². The lowest BCUT2D eigenvalue weighted by Gasteiger charge is -2.30. The molecule has 270 valence electrons. The number of nitrogens with one attached hydrogen (secondary N) is 1. The van der Waals surface area contributed by atoms with Crippen LogP contribution in [0, 0.1) is 0 Å². The summed E-state index contributed by atoms with van der Waals surface area (Å²) in [5.74, 6) is -0.167. The molecule has 0 aromatic rings. The number of hydrogen-bond acceptors (Lipinski definition) is 6. The second-order valence-corrected chi connectivity index (χ2v) is 15.7. The van der Waals surface area contributed by atoms with Crippen LogP contribution in [0.25, 0.3) is 0 Å². The molecular formula is C36H75N2O6P. The van der Waals surface area contributed by atoms with E-state index in [9.17, 15) is 19.4 Å². The number of quaternary nitrogens is 1. The summed E-state index contributed by atoms with van der Waals surface area (Å²) in [7, 11) is 1.31. The van der Waals surface area contributed by atoms with Crippen molar-refractivity contribution in [3.05, 3.63) is 0 Å². The fraction of sp³-hybridized carbons (Fsp3) is 0.972. The Bertz CT molecular complexity index is 718. The number of unbranched alkanes of at least 4 members (excludes halogenated alkanes) is 21. The lowest BCUT2D eigenvalue weighted by Crippen LogP contribution is -2.46. The molecule has 45 heavy (non-hydrogen) atoms. The normalized spacial score (nSPS) is 14.7. The minimum absolute atomic E-state index is 0.0154. The fourth-order valence-electron chi connectivity index (χ4n) is 5.51. The maximum atomic E-state index is 12.7. The van der Waals surface area contributed by atoms with E-state index in [1.165, 1.54) is 109 Å². The molecule has 0 aromatic heterocycles. The minimum Gasteiger partial charge on any atom is -0.756 e. The zero-order valence-electron chi connectivity index (χ0n) is 30.3. The Morgan fingerprint density at radius 3 is 1.51 bits per heavy atom. The van der Waals surface area contributed by atoms with Gasteiger partial charge in [-0.2, -0.15) is 0 Å². The molecule has 0 aromatic carbocycles. The molecule has 0 fully saturated rings. The van der Waals surface area contributed by atoms with Gasteiger partial charge in [0.15, 0.2) is 0 Å². The van der Waals surface area contributed by atoms with E-state index in [2.05, 4.69) is 19.2 Å². The molecule has 0 saturated heterocycles. The number of rotatable bonds is 34. The number of carbonyl (C=O) groups is 1. The summed E-state index contributed by atoms with van der Waals surface area (Å²) in [4.78, 5) is 25.1. The van der Waals surface area contributed by atoms with Gasteiger partial charge >= 0.3 is 0 Å². The van der Waals surface area contributed by atoms with Crippen molar-refractivity contribution in [2.75, 3.05) is 40.9 Å². The molecule has 0 spiro atoms. The molecule has 1 unspecified atom stereocenters. The van der Waals surface area contributed by atoms with Crippen LogP contribution in [0.2, 0.25) is 0 Å². The Labute approximate surface area is 279 Å². The number of aliphatic hydroxyl groups excluding tert-OH is 1. The van der Waals surface area contributed by atoms with E-state index in [4.69, 9.17) is 9.05 Å². The predicted octanol–water partition coefficient (Wildman–Crippen LogP) is 8.83. The third kappa shape index (κ3) is 31.8. The van der Waals surface area contributed by atoms with Gasteiger partial charge in [-0.1, -0.05) is 155 Å². The van der Waals surface area contributed by atoms with Crippen LogP contribution in [0.1, 0.15) is 174 Å². The smallest absolute Gasteiger partial charge is 0.268 e. The summed E-state index contributed by atoms with van der Waals surface area (Å²) >= 11 is 0. The van der Waals surface area contributed by atoms with E-state index in [-0.39, 0.29) is 19.1 Å². The maximum absolute atomic E-state index is 12.7. The third-order valence-electron chi connectivity index (χ3n) is 8.60. The zero-order chi connectivity index (χ0) is 33.7. The van der Waals surface area contributed by atoms with Crippen LogP contribution >= 0.6 is 7.82 Å². The number of aliphatic hydroxyl groups is 1. The van der Waals surface area contributed by atoms with Gasteiger partial charge in [-0.05, 0) is 12.8 Å². The summed E-state index contributed by atoms with van der Waals surface area (Å²) in [5, 5.41) is 13.8. The molecule has 3 atom stereocenters. The molecule has 0 heterocycles. The van der Waals surface area contributed by atoms with Crippen molar-refractivity contribution < 1.29 is 32.9 Å². The highest BCUT2D eigenvalue weighted by atomic mass is 31.2. The molecule has 0 bridgehead atoms. The maximum Gasteiger partial charge on any atom is 0.268 e. The molecule has 0 saturated carbocycles. The number of likely N-dealkylation sites (N-methyl/N-ethyl adjacent to an activating group) is 1. The first-order valence-corrected chi connectivity index (χ1v) is 20.3. The van der Waals surface area contributed by atoms with Crippen molar-refractivity contribution in [2.45, 2.75) is 187 Å². The Morgan fingerprint density at radius 1 is 0.689 bits per heavy atom. The number of phosphoric ester groups is 1. The van der Waals surface area contributed by atoms with Gasteiger partial charge in [0, 0.05) is 6.42 Å². The molecule has 9 heteroatoms. The highest BCUT2D eigenvalue weighted by molar-refractivity contribution is 7.45. The third-order valence-corrected chi connectivity index (χ3v) is 9.56. The summed E-state index contributed by atoms with van der Waals surface area (Å²) < 4.78 is 23.1. The second-order valence-electron chi connectivity index (χ2n) is 14.3. The van der Waals surface area contributed by atoms with Gasteiger partial charge in [0.2, 0.25) is 5.91 Å². The molecule has 0 radical (unpaired) electrons. The van der Waals surface area contributed by atoms with E-state index in [1.54, 1.807) is 0 Å². The van der Waals surface area contributed by atoms with Crippen molar-refractivity contribution in [2.24, 2.45) is 0 Å². The van der Waals surface area contributed by atoms with Crippen molar-refractivity contribution >= 4 is 13.7 Å². The zero-order valence-corrected chi connectivity index (χ0v) is 31.2. The second kappa shape index (κ2) is 29.6. The summed E-state index contributed by atoms with van der Waals surface area (Å²) in [6, 6.07) is -0.790. The van der Waals surface area contributed by atoms with Crippen LogP contribution in [0.5, 0.6) is 0 Å². The molecule has 1 amide bonds. The predicted molar refractivity (Wildman–Crippen MR) is 187 cm³/mol. The van der Waals surface area contributed by atoms with Gasteiger partial charge in [0.05, 0.1) is 39.9 Å². The van der Waals surface area contributed by atoms with Gasteiger partial charge < -0.3 is 28.8 Å². The number of nitrogens with zero attached hydrogens (tertiary/aromatic N) is 1. The highest BCUT2D eigenvalue weighted by Crippen LogP contribution is 2.38. The number of amides is 1. The van der Waals surface area contributed by atoms with Gasteiger partial charge in [0.25, 0.3) is 7.82 Å². The van der Waals surface area contributed by atoms with Crippen LogP contribution in [0.3, 0.4) is 0 Å². The highest BCUT2D eigenvalue weighted by Gasteiger charge is 2.24. The Balaban J connectivity index is 4.46. The van der Waals surface area contributed by atoms with Crippen molar-refractivity contribution in [1.82, 2.24) is 5.32 Å². The van der Waals surface area contributed by atoms with E-state index in [0.29, 0.717) is 23.9 Å². The van der Waals surface area contributed by atoms with Crippen LogP contribution < -0.4 is 10.2 Å². The fourth-order valence-corrected chi connectivity index (χ4v) is 6.23. The van der Waals surface area contributed by atoms with E-state index >= 15 is 0 Å². The van der Waals surface area contributed by atoms with Crippen molar-refractivity contribution in [1.29, 1.82) is 0 Å². The minimum atomic E-state index is -4.54. The summed E-state index contributed by atoms with van der Waals surface area (Å²) in [5.41, 5.74) is 0. The standard InChI is InChI=1S/C36H75N2O6P/c1-6-8-10-12-14-16-18-19-20-21-23-25-27-29-35(39)34(33-44-45(41,42)43-32-31-38(3,4)5)37-36(40)30-28-26-24-22-17-15-13-11-9-7-2/h34-35,39H,6-33H2,1-5H3,(H-,37,40,41,42)/t34-,35+/m0/s1. The topological polar surface area (TPSA) is 108 Å². The van der Waals surface area contributed by atoms with Crippen LogP contribution in [0.4, 0.5) is 0 Å². The lowest BCUT2D eigenvalue weighted by atomic mass is 10.0. The molecular weight excluding hydrogens is 587 g/mol. The van der Waals surface area contributed by atoms with Gasteiger partial charge in [-0.3, -0.25) is 9.36 Å². The Hall–Kier alpha value is -0.500. The largest absolute Gasteiger partial charge is 0.756 e. The first kappa shape index (κ1) is 44.5. The molecule has 0 aliphatic carbocycles. The Kier molecular flexibility index (Phi) is 29.3. The molecule has 8 nitrogen and oxygen atoms in total. The van der Waals surface area contributed by atoms with Crippen LogP contribution in [-0.2, 0) is 18.4 Å². The number of carbonyl (C=O) groups excluding carboxylic acids is 1. The SMILES string of the molecule is CCCCCCCCCCCCCCC[C@@H](O)[C@H](COP(=O)([O-])OCC[N+](C)(C)C)NC(=O)CCCCCCCCCCCC. The van der Waals surface area contributed by atoms with Crippen molar-refractivity contribution in [3.63, 3.8) is 0 Å². The summed E-state index contributed by atoms with van der Waals surface area (Å²) in [6.45, 7) is 4.69. The van der Waals surface area contributed by atoms with Gasteiger partial charge in [0.1, 0.15) is 13.2 Å².